The lowest BCUT2D eigenvalue weighted by Gasteiger charge is -2.13. The summed E-state index contributed by atoms with van der Waals surface area (Å²) in [6.45, 7) is 2.06. The van der Waals surface area contributed by atoms with Gasteiger partial charge in [0.25, 0.3) is 0 Å². The Kier molecular flexibility index (Phi) is 3.32. The molecule has 2 aromatic carbocycles. The fourth-order valence-corrected chi connectivity index (χ4v) is 2.67. The molecule has 0 spiro atoms. The summed E-state index contributed by atoms with van der Waals surface area (Å²) in [6.07, 6.45) is 1.77. The topological polar surface area (TPSA) is 50.9 Å². The summed E-state index contributed by atoms with van der Waals surface area (Å²) in [7, 11) is 0. The van der Waals surface area contributed by atoms with Crippen molar-refractivity contribution in [3.63, 3.8) is 0 Å². The van der Waals surface area contributed by atoms with Crippen LogP contribution in [0.5, 0.6) is 0 Å². The molecular weight excluding hydrogens is 314 g/mol. The molecule has 0 saturated carbocycles. The lowest BCUT2D eigenvalue weighted by Crippen LogP contribution is -1.99. The number of nitrogen functional groups attached to an aromatic ring is 1. The third-order valence-electron chi connectivity index (χ3n) is 3.28. The number of hydrogen-bond acceptors (Lipinski definition) is 3. The van der Waals surface area contributed by atoms with Gasteiger partial charge in [0.15, 0.2) is 0 Å². The molecule has 3 N–H and O–H groups in total. The zero-order valence-corrected chi connectivity index (χ0v) is 12.6. The Morgan fingerprint density at radius 3 is 2.70 bits per heavy atom. The molecule has 0 radical (unpaired) electrons. The van der Waals surface area contributed by atoms with Crippen LogP contribution in [0.15, 0.2) is 53.1 Å². The van der Waals surface area contributed by atoms with Crippen LogP contribution < -0.4 is 11.1 Å². The Labute approximate surface area is 126 Å². The van der Waals surface area contributed by atoms with Crippen LogP contribution in [0.1, 0.15) is 5.56 Å². The van der Waals surface area contributed by atoms with Crippen LogP contribution in [0.4, 0.5) is 17.1 Å². The van der Waals surface area contributed by atoms with Crippen molar-refractivity contribution in [3.8, 4) is 0 Å². The van der Waals surface area contributed by atoms with E-state index in [0.29, 0.717) is 0 Å². The van der Waals surface area contributed by atoms with Gasteiger partial charge in [0.2, 0.25) is 0 Å². The van der Waals surface area contributed by atoms with E-state index in [1.807, 2.05) is 36.4 Å². The summed E-state index contributed by atoms with van der Waals surface area (Å²) >= 11 is 3.47. The number of nitrogens with zero attached hydrogens (tertiary/aromatic N) is 1. The molecule has 3 nitrogen and oxygen atoms in total. The highest BCUT2D eigenvalue weighted by Gasteiger charge is 2.06. The number of pyridine rings is 1. The minimum absolute atomic E-state index is 0.720. The smallest absolute Gasteiger partial charge is 0.0724 e. The molecule has 0 bridgehead atoms. The van der Waals surface area contributed by atoms with Gasteiger partial charge < -0.3 is 11.1 Å². The highest BCUT2D eigenvalue weighted by molar-refractivity contribution is 9.10. The highest BCUT2D eigenvalue weighted by atomic mass is 79.9. The number of anilines is 3. The van der Waals surface area contributed by atoms with Crippen LogP contribution in [0.3, 0.4) is 0 Å². The lowest BCUT2D eigenvalue weighted by atomic mass is 10.1. The molecule has 0 aliphatic heterocycles. The Morgan fingerprint density at radius 2 is 1.90 bits per heavy atom. The van der Waals surface area contributed by atoms with Gasteiger partial charge in [-0.25, -0.2) is 0 Å². The van der Waals surface area contributed by atoms with E-state index in [-0.39, 0.29) is 0 Å². The van der Waals surface area contributed by atoms with E-state index in [1.54, 1.807) is 6.20 Å². The first-order valence-corrected chi connectivity index (χ1v) is 7.11. The molecule has 0 amide bonds. The normalized spacial score (nSPS) is 10.7. The highest BCUT2D eigenvalue weighted by Crippen LogP contribution is 2.31. The van der Waals surface area contributed by atoms with Crippen molar-refractivity contribution in [2.45, 2.75) is 6.92 Å². The van der Waals surface area contributed by atoms with Gasteiger partial charge in [-0.05, 0) is 55.0 Å². The summed E-state index contributed by atoms with van der Waals surface area (Å²) in [5.74, 6) is 0. The van der Waals surface area contributed by atoms with Gasteiger partial charge in [-0.3, -0.25) is 4.98 Å². The van der Waals surface area contributed by atoms with Gasteiger partial charge in [0, 0.05) is 21.7 Å². The summed E-state index contributed by atoms with van der Waals surface area (Å²) in [4.78, 5) is 4.31. The van der Waals surface area contributed by atoms with Gasteiger partial charge in [-0.15, -0.1) is 0 Å². The number of aryl methyl sites for hydroxylation is 1. The molecule has 3 aromatic rings. The predicted molar refractivity (Wildman–Crippen MR) is 88.3 cm³/mol. The van der Waals surface area contributed by atoms with Gasteiger partial charge >= 0.3 is 0 Å². The van der Waals surface area contributed by atoms with Crippen molar-refractivity contribution in [1.82, 2.24) is 4.98 Å². The number of rotatable bonds is 2. The van der Waals surface area contributed by atoms with Gasteiger partial charge in [-0.2, -0.15) is 0 Å². The van der Waals surface area contributed by atoms with Crippen LogP contribution in [0.2, 0.25) is 0 Å². The van der Waals surface area contributed by atoms with Crippen molar-refractivity contribution < 1.29 is 0 Å². The van der Waals surface area contributed by atoms with Gasteiger partial charge in [0.05, 0.1) is 16.9 Å². The second-order valence-corrected chi connectivity index (χ2v) is 5.60. The monoisotopic (exact) mass is 327 g/mol. The van der Waals surface area contributed by atoms with Crippen molar-refractivity contribution in [2.24, 2.45) is 0 Å². The molecule has 100 valence electrons. The van der Waals surface area contributed by atoms with Crippen LogP contribution in [-0.4, -0.2) is 4.98 Å². The molecule has 20 heavy (non-hydrogen) atoms. The second kappa shape index (κ2) is 5.13. The lowest BCUT2D eigenvalue weighted by molar-refractivity contribution is 1.40. The maximum absolute atomic E-state index is 6.24. The molecule has 3 rings (SSSR count). The molecule has 0 saturated heterocycles. The van der Waals surface area contributed by atoms with E-state index in [9.17, 15) is 0 Å². The van der Waals surface area contributed by atoms with E-state index in [4.69, 9.17) is 5.73 Å². The minimum Gasteiger partial charge on any atom is -0.396 e. The van der Waals surface area contributed by atoms with Gasteiger partial charge in [-0.1, -0.05) is 15.9 Å². The summed E-state index contributed by atoms with van der Waals surface area (Å²) in [5.41, 5.74) is 11.0. The summed E-state index contributed by atoms with van der Waals surface area (Å²) in [6, 6.07) is 13.9. The average molecular weight is 328 g/mol. The number of halogens is 1. The van der Waals surface area contributed by atoms with E-state index in [1.165, 1.54) is 0 Å². The number of fused-ring (bicyclic) bond motifs is 1. The van der Waals surface area contributed by atoms with Crippen LogP contribution in [-0.2, 0) is 0 Å². The Hall–Kier alpha value is -2.07. The Morgan fingerprint density at radius 1 is 1.10 bits per heavy atom. The van der Waals surface area contributed by atoms with Gasteiger partial charge in [0.1, 0.15) is 0 Å². The fraction of sp³-hybridized carbons (Fsp3) is 0.0625. The number of nitrogens with two attached hydrogens (primary N) is 1. The molecule has 4 heteroatoms. The first-order chi connectivity index (χ1) is 9.65. The minimum atomic E-state index is 0.720. The maximum Gasteiger partial charge on any atom is 0.0724 e. The van der Waals surface area contributed by atoms with Crippen molar-refractivity contribution >= 4 is 43.9 Å². The first-order valence-electron chi connectivity index (χ1n) is 6.31. The zero-order chi connectivity index (χ0) is 14.1. The number of hydrogen-bond donors (Lipinski definition) is 2. The molecule has 0 aliphatic carbocycles. The summed E-state index contributed by atoms with van der Waals surface area (Å²) < 4.78 is 1.07. The molecule has 0 aliphatic rings. The predicted octanol–water partition coefficient (Wildman–Crippen LogP) is 4.63. The van der Waals surface area contributed by atoms with Crippen molar-refractivity contribution in [3.05, 3.63) is 58.7 Å². The van der Waals surface area contributed by atoms with E-state index in [2.05, 4.69) is 39.2 Å². The summed E-state index contributed by atoms with van der Waals surface area (Å²) in [5, 5.41) is 4.35. The standard InChI is InChI=1S/C16H14BrN3/c1-10-9-11(17)4-5-13(10)20-15-7-6-14-12(16(15)18)3-2-8-19-14/h2-9,20H,18H2,1H3. The van der Waals surface area contributed by atoms with Crippen LogP contribution in [0.25, 0.3) is 10.9 Å². The second-order valence-electron chi connectivity index (χ2n) is 4.68. The molecule has 1 aromatic heterocycles. The molecule has 0 unspecified atom stereocenters. The molecule has 1 heterocycles. The van der Waals surface area contributed by atoms with Crippen LogP contribution >= 0.6 is 15.9 Å². The SMILES string of the molecule is Cc1cc(Br)ccc1Nc1ccc2ncccc2c1N. The molecule has 0 fully saturated rings. The number of aromatic nitrogens is 1. The molecular formula is C16H14BrN3. The Bertz CT molecular complexity index is 784. The number of nitrogens with one attached hydrogen (secondary N) is 1. The van der Waals surface area contributed by atoms with E-state index in [0.717, 1.165) is 38.0 Å². The van der Waals surface area contributed by atoms with Crippen molar-refractivity contribution in [2.75, 3.05) is 11.1 Å². The maximum atomic E-state index is 6.24. The third-order valence-corrected chi connectivity index (χ3v) is 3.78. The fourth-order valence-electron chi connectivity index (χ4n) is 2.20. The third kappa shape index (κ3) is 2.34. The Balaban J connectivity index is 2.04. The number of benzene rings is 2. The quantitative estimate of drug-likeness (QED) is 0.674. The van der Waals surface area contributed by atoms with E-state index < -0.39 is 0 Å². The van der Waals surface area contributed by atoms with Crippen molar-refractivity contribution in [1.29, 1.82) is 0 Å². The largest absolute Gasteiger partial charge is 0.396 e. The average Bonchev–Trinajstić information content (AvgIpc) is 2.45. The van der Waals surface area contributed by atoms with E-state index >= 15 is 0 Å². The zero-order valence-electron chi connectivity index (χ0n) is 11.0. The van der Waals surface area contributed by atoms with Crippen LogP contribution in [0, 0.1) is 6.92 Å². The molecule has 0 atom stereocenters. The first kappa shape index (κ1) is 12.9.